The van der Waals surface area contributed by atoms with E-state index >= 15 is 0 Å². The minimum absolute atomic E-state index is 0.764. The molecule has 0 amide bonds. The number of hydrogen-bond acceptors (Lipinski definition) is 6. The van der Waals surface area contributed by atoms with Crippen LogP contribution in [0.3, 0.4) is 0 Å². The van der Waals surface area contributed by atoms with Crippen LogP contribution in [0.15, 0.2) is 75.7 Å². The van der Waals surface area contributed by atoms with Crippen molar-refractivity contribution in [3.05, 3.63) is 88.0 Å². The van der Waals surface area contributed by atoms with Gasteiger partial charge in [0.25, 0.3) is 0 Å². The highest BCUT2D eigenvalue weighted by atomic mass is 32.2. The Hall–Kier alpha value is -2.64. The summed E-state index contributed by atoms with van der Waals surface area (Å²) in [7, 11) is 0. The van der Waals surface area contributed by atoms with Crippen LogP contribution in [0.5, 0.6) is 0 Å². The summed E-state index contributed by atoms with van der Waals surface area (Å²) in [5, 5.41) is 15.6. The summed E-state index contributed by atoms with van der Waals surface area (Å²) >= 11 is 0.964. The molecule has 0 spiro atoms. The van der Waals surface area contributed by atoms with Crippen molar-refractivity contribution in [2.75, 3.05) is 18.4 Å². The van der Waals surface area contributed by atoms with Gasteiger partial charge in [-0.1, -0.05) is 23.2 Å². The molecule has 0 atom stereocenters. The third-order valence-corrected chi connectivity index (χ3v) is 5.90. The predicted octanol–water partition coefficient (Wildman–Crippen LogP) is 6.94. The van der Waals surface area contributed by atoms with Crippen LogP contribution < -0.4 is 5.32 Å². The first-order valence-corrected chi connectivity index (χ1v) is 11.5. The first-order chi connectivity index (χ1) is 15.5. The van der Waals surface area contributed by atoms with Gasteiger partial charge in [-0.15, -0.1) is 4.33 Å². The number of allylic oxidation sites excluding steroid dienone is 5. The van der Waals surface area contributed by atoms with E-state index in [0.29, 0.717) is 0 Å². The third-order valence-electron chi connectivity index (χ3n) is 5.32. The molecule has 0 aromatic heterocycles. The van der Waals surface area contributed by atoms with Crippen LogP contribution in [-0.2, 0) is 9.37 Å². The molecule has 168 valence electrons. The molecule has 2 N–H and O–H groups in total. The van der Waals surface area contributed by atoms with Gasteiger partial charge >= 0.3 is 0 Å². The zero-order valence-corrected chi connectivity index (χ0v) is 20.0. The van der Waals surface area contributed by atoms with Gasteiger partial charge in [0.1, 0.15) is 0 Å². The van der Waals surface area contributed by atoms with Gasteiger partial charge in [-0.3, -0.25) is 4.99 Å². The maximum atomic E-state index is 8.45. The van der Waals surface area contributed by atoms with Gasteiger partial charge in [0, 0.05) is 23.7 Å². The number of nitrogens with one attached hydrogen (secondary N) is 1. The lowest BCUT2D eigenvalue weighted by Gasteiger charge is -2.19. The first-order valence-electron chi connectivity index (χ1n) is 10.7. The zero-order valence-electron chi connectivity index (χ0n) is 19.2. The van der Waals surface area contributed by atoms with Crippen molar-refractivity contribution in [2.24, 2.45) is 4.99 Å². The summed E-state index contributed by atoms with van der Waals surface area (Å²) in [5.41, 5.74) is 10.2. The Morgan fingerprint density at radius 2 is 1.84 bits per heavy atom. The molecule has 0 fully saturated rings. The largest absolute Gasteiger partial charge is 0.385 e. The van der Waals surface area contributed by atoms with Gasteiger partial charge in [0.05, 0.1) is 17.8 Å². The quantitative estimate of drug-likeness (QED) is 0.259. The van der Waals surface area contributed by atoms with Crippen molar-refractivity contribution < 1.29 is 14.6 Å². The lowest BCUT2D eigenvalue weighted by molar-refractivity contribution is -0.432. The fourth-order valence-corrected chi connectivity index (χ4v) is 4.32. The van der Waals surface area contributed by atoms with Gasteiger partial charge in [0.15, 0.2) is 0 Å². The number of nitrogens with zero attached hydrogens (tertiary/aromatic N) is 1. The standard InChI is InChI=1S/C26H30N2O3S/c1-6-27-24-12-8-20(14-18(24)4)26(21-9-13-25(28-7-2)19(5)15-21)23-11-10-22(16-17(23)3)32-31-30-29/h8-16,27,29H,6-7H2,1-5H3/b26-21-,28-25?. The Labute approximate surface area is 194 Å². The maximum absolute atomic E-state index is 8.45. The number of hydrogen-bond donors (Lipinski definition) is 2. The normalized spacial score (nSPS) is 16.3. The van der Waals surface area contributed by atoms with E-state index in [4.69, 9.17) is 5.26 Å². The summed E-state index contributed by atoms with van der Waals surface area (Å²) in [5.74, 6) is 0. The highest BCUT2D eigenvalue weighted by molar-refractivity contribution is 7.94. The second kappa shape index (κ2) is 11.3. The van der Waals surface area contributed by atoms with E-state index in [1.165, 1.54) is 5.56 Å². The Balaban J connectivity index is 2.17. The summed E-state index contributed by atoms with van der Waals surface area (Å²) < 4.78 is 4.60. The Bertz CT molecular complexity index is 1100. The molecule has 3 rings (SSSR count). The smallest absolute Gasteiger partial charge is 0.0714 e. The van der Waals surface area contributed by atoms with Crippen molar-refractivity contribution in [1.29, 1.82) is 0 Å². The molecule has 0 unspecified atom stereocenters. The fraction of sp³-hybridized carbons (Fsp3) is 0.269. The molecule has 0 heterocycles. The van der Waals surface area contributed by atoms with E-state index < -0.39 is 0 Å². The van der Waals surface area contributed by atoms with Gasteiger partial charge in [0.2, 0.25) is 0 Å². The van der Waals surface area contributed by atoms with Crippen LogP contribution >= 0.6 is 12.0 Å². The Morgan fingerprint density at radius 1 is 1.03 bits per heavy atom. The number of aliphatic imine (C=N–C) groups is 1. The summed E-state index contributed by atoms with van der Waals surface area (Å²) in [4.78, 5) is 5.43. The van der Waals surface area contributed by atoms with Crippen molar-refractivity contribution >= 4 is 29.0 Å². The van der Waals surface area contributed by atoms with Crippen LogP contribution in [0.1, 0.15) is 43.0 Å². The molecule has 0 bridgehead atoms. The molecule has 0 radical (unpaired) electrons. The fourth-order valence-electron chi connectivity index (χ4n) is 3.87. The average molecular weight is 451 g/mol. The number of anilines is 1. The highest BCUT2D eigenvalue weighted by Gasteiger charge is 2.16. The van der Waals surface area contributed by atoms with Crippen LogP contribution in [0, 0.1) is 13.8 Å². The molecule has 0 saturated carbocycles. The second-order valence-electron chi connectivity index (χ2n) is 7.61. The van der Waals surface area contributed by atoms with E-state index in [0.717, 1.165) is 74.8 Å². The molecule has 6 heteroatoms. The maximum Gasteiger partial charge on any atom is 0.0714 e. The van der Waals surface area contributed by atoms with Crippen LogP contribution in [0.2, 0.25) is 0 Å². The Morgan fingerprint density at radius 3 is 2.47 bits per heavy atom. The van der Waals surface area contributed by atoms with Gasteiger partial charge in [-0.25, -0.2) is 5.26 Å². The summed E-state index contributed by atoms with van der Waals surface area (Å²) in [6.07, 6.45) is 6.46. The monoisotopic (exact) mass is 450 g/mol. The van der Waals surface area contributed by atoms with E-state index in [1.807, 2.05) is 19.1 Å². The molecule has 1 aliphatic carbocycles. The molecule has 0 saturated heterocycles. The SMILES string of the molecule is CCN=C1C=C/C(=C(\c2ccc(NCC)c(C)c2)c2ccc(SOOO)cc2C)C=C1C. The van der Waals surface area contributed by atoms with E-state index in [9.17, 15) is 0 Å². The molecule has 0 aliphatic heterocycles. The van der Waals surface area contributed by atoms with Crippen LogP contribution in [0.4, 0.5) is 5.69 Å². The number of aryl methyl sites for hydroxylation is 2. The third kappa shape index (κ3) is 5.58. The van der Waals surface area contributed by atoms with Crippen molar-refractivity contribution in [2.45, 2.75) is 39.5 Å². The van der Waals surface area contributed by atoms with Crippen LogP contribution in [0.25, 0.3) is 5.57 Å². The van der Waals surface area contributed by atoms with E-state index in [2.05, 4.69) is 89.9 Å². The highest BCUT2D eigenvalue weighted by Crippen LogP contribution is 2.35. The van der Waals surface area contributed by atoms with Crippen molar-refractivity contribution in [3.8, 4) is 0 Å². The van der Waals surface area contributed by atoms with E-state index in [1.54, 1.807) is 0 Å². The van der Waals surface area contributed by atoms with Crippen LogP contribution in [-0.4, -0.2) is 24.1 Å². The molecule has 2 aromatic carbocycles. The van der Waals surface area contributed by atoms with E-state index in [-0.39, 0.29) is 0 Å². The second-order valence-corrected chi connectivity index (χ2v) is 8.39. The molecule has 2 aromatic rings. The minimum atomic E-state index is 0.764. The predicted molar refractivity (Wildman–Crippen MR) is 134 cm³/mol. The van der Waals surface area contributed by atoms with Crippen molar-refractivity contribution in [1.82, 2.24) is 0 Å². The molecular weight excluding hydrogens is 420 g/mol. The minimum Gasteiger partial charge on any atom is -0.385 e. The molecule has 1 aliphatic rings. The molecule has 5 nitrogen and oxygen atoms in total. The van der Waals surface area contributed by atoms with Gasteiger partial charge in [-0.2, -0.15) is 0 Å². The zero-order chi connectivity index (χ0) is 23.1. The summed E-state index contributed by atoms with van der Waals surface area (Å²) in [6.45, 7) is 12.1. The molecule has 32 heavy (non-hydrogen) atoms. The van der Waals surface area contributed by atoms with Crippen molar-refractivity contribution in [3.63, 3.8) is 0 Å². The van der Waals surface area contributed by atoms with Gasteiger partial charge in [-0.05, 0) is 110 Å². The lowest BCUT2D eigenvalue weighted by atomic mass is 9.86. The summed E-state index contributed by atoms with van der Waals surface area (Å²) in [6, 6.07) is 12.6. The van der Waals surface area contributed by atoms with Gasteiger partial charge < -0.3 is 5.32 Å². The average Bonchev–Trinajstić information content (AvgIpc) is 2.77. The lowest BCUT2D eigenvalue weighted by Crippen LogP contribution is -2.05. The Kier molecular flexibility index (Phi) is 8.47. The molecular formula is C26H30N2O3S. The first kappa shape index (κ1) is 24.0. The number of benzene rings is 2. The number of rotatable bonds is 8. The topological polar surface area (TPSA) is 63.1 Å².